The number of benzene rings is 2. The van der Waals surface area contributed by atoms with Crippen molar-refractivity contribution in [2.45, 2.75) is 18.7 Å². The SMILES string of the molecule is Cc1ccc(C)c(NC(=O)CN(C)S(=O)(=O)c2cccc(Cl)c2)c1. The van der Waals surface area contributed by atoms with Gasteiger partial charge in [-0.1, -0.05) is 29.8 Å². The number of carbonyl (C=O) groups is 1. The minimum Gasteiger partial charge on any atom is -0.325 e. The second kappa shape index (κ2) is 7.34. The van der Waals surface area contributed by atoms with Gasteiger partial charge >= 0.3 is 0 Å². The fourth-order valence-corrected chi connectivity index (χ4v) is 3.58. The van der Waals surface area contributed by atoms with Gasteiger partial charge in [-0.3, -0.25) is 4.79 Å². The van der Waals surface area contributed by atoms with E-state index in [1.54, 1.807) is 12.1 Å². The number of rotatable bonds is 5. The van der Waals surface area contributed by atoms with Crippen LogP contribution in [0.25, 0.3) is 0 Å². The predicted octanol–water partition coefficient (Wildman–Crippen LogP) is 3.22. The molecule has 2 aromatic rings. The van der Waals surface area contributed by atoms with Gasteiger partial charge in [0.2, 0.25) is 15.9 Å². The van der Waals surface area contributed by atoms with Gasteiger partial charge in [0.25, 0.3) is 0 Å². The summed E-state index contributed by atoms with van der Waals surface area (Å²) in [5.41, 5.74) is 2.60. The minimum atomic E-state index is -3.78. The van der Waals surface area contributed by atoms with Crippen molar-refractivity contribution in [3.63, 3.8) is 0 Å². The number of nitrogens with zero attached hydrogens (tertiary/aromatic N) is 1. The number of hydrogen-bond acceptors (Lipinski definition) is 3. The molecule has 128 valence electrons. The molecule has 5 nitrogen and oxygen atoms in total. The number of aryl methyl sites for hydroxylation is 2. The van der Waals surface area contributed by atoms with Crippen molar-refractivity contribution in [3.05, 3.63) is 58.6 Å². The molecule has 0 aromatic heterocycles. The van der Waals surface area contributed by atoms with E-state index in [0.717, 1.165) is 15.4 Å². The number of hydrogen-bond donors (Lipinski definition) is 1. The van der Waals surface area contributed by atoms with Crippen LogP contribution in [0.2, 0.25) is 5.02 Å². The summed E-state index contributed by atoms with van der Waals surface area (Å²) in [7, 11) is -2.42. The lowest BCUT2D eigenvalue weighted by atomic mass is 10.1. The summed E-state index contributed by atoms with van der Waals surface area (Å²) in [4.78, 5) is 12.2. The molecule has 1 N–H and O–H groups in total. The lowest BCUT2D eigenvalue weighted by Gasteiger charge is -2.17. The summed E-state index contributed by atoms with van der Waals surface area (Å²) in [6.45, 7) is 3.51. The number of halogens is 1. The normalized spacial score (nSPS) is 11.5. The molecular formula is C17H19ClN2O3S. The Morgan fingerprint density at radius 3 is 2.54 bits per heavy atom. The van der Waals surface area contributed by atoms with Crippen LogP contribution >= 0.6 is 11.6 Å². The van der Waals surface area contributed by atoms with E-state index in [1.165, 1.54) is 19.2 Å². The van der Waals surface area contributed by atoms with Crippen molar-refractivity contribution in [2.24, 2.45) is 0 Å². The smallest absolute Gasteiger partial charge is 0.243 e. The molecule has 0 aliphatic heterocycles. The minimum absolute atomic E-state index is 0.0528. The van der Waals surface area contributed by atoms with Crippen LogP contribution < -0.4 is 5.32 Å². The first kappa shape index (κ1) is 18.4. The Hall–Kier alpha value is -1.89. The van der Waals surface area contributed by atoms with Crippen LogP contribution in [0.3, 0.4) is 0 Å². The Bertz CT molecular complexity index is 866. The van der Waals surface area contributed by atoms with Crippen LogP contribution in [0.1, 0.15) is 11.1 Å². The van der Waals surface area contributed by atoms with Gasteiger partial charge in [0, 0.05) is 17.8 Å². The van der Waals surface area contributed by atoms with Gasteiger partial charge in [-0.25, -0.2) is 8.42 Å². The van der Waals surface area contributed by atoms with Crippen LogP contribution in [-0.2, 0) is 14.8 Å². The summed E-state index contributed by atoms with van der Waals surface area (Å²) in [6.07, 6.45) is 0. The molecule has 2 aromatic carbocycles. The Morgan fingerprint density at radius 2 is 1.88 bits per heavy atom. The molecule has 0 saturated heterocycles. The summed E-state index contributed by atoms with van der Waals surface area (Å²) in [5.74, 6) is -0.406. The summed E-state index contributed by atoms with van der Waals surface area (Å²) in [6, 6.07) is 11.6. The number of carbonyl (C=O) groups excluding carboxylic acids is 1. The largest absolute Gasteiger partial charge is 0.325 e. The monoisotopic (exact) mass is 366 g/mol. The molecule has 0 heterocycles. The van der Waals surface area contributed by atoms with Crippen LogP contribution in [0.5, 0.6) is 0 Å². The van der Waals surface area contributed by atoms with Gasteiger partial charge in [0.1, 0.15) is 0 Å². The molecule has 0 aliphatic rings. The Kier molecular flexibility index (Phi) is 5.64. The second-order valence-corrected chi connectivity index (χ2v) is 8.07. The molecule has 0 atom stereocenters. The zero-order chi connectivity index (χ0) is 17.9. The average molecular weight is 367 g/mol. The van der Waals surface area contributed by atoms with E-state index < -0.39 is 15.9 Å². The third-order valence-electron chi connectivity index (χ3n) is 3.54. The van der Waals surface area contributed by atoms with Crippen molar-refractivity contribution in [2.75, 3.05) is 18.9 Å². The molecule has 1 amide bonds. The first-order valence-electron chi connectivity index (χ1n) is 7.29. The van der Waals surface area contributed by atoms with E-state index >= 15 is 0 Å². The zero-order valence-electron chi connectivity index (χ0n) is 13.7. The maximum atomic E-state index is 12.5. The molecule has 24 heavy (non-hydrogen) atoms. The lowest BCUT2D eigenvalue weighted by molar-refractivity contribution is -0.116. The van der Waals surface area contributed by atoms with E-state index in [1.807, 2.05) is 32.0 Å². The van der Waals surface area contributed by atoms with Gasteiger partial charge in [0.05, 0.1) is 11.4 Å². The Balaban J connectivity index is 2.12. The molecule has 0 bridgehead atoms. The van der Waals surface area contributed by atoms with Crippen molar-refractivity contribution in [3.8, 4) is 0 Å². The van der Waals surface area contributed by atoms with Crippen LogP contribution in [0.4, 0.5) is 5.69 Å². The average Bonchev–Trinajstić information content (AvgIpc) is 2.50. The van der Waals surface area contributed by atoms with Gasteiger partial charge in [-0.05, 0) is 49.2 Å². The third kappa shape index (κ3) is 4.35. The van der Waals surface area contributed by atoms with Crippen molar-refractivity contribution in [1.29, 1.82) is 0 Å². The first-order chi connectivity index (χ1) is 11.2. The summed E-state index contributed by atoms with van der Waals surface area (Å²) in [5, 5.41) is 3.07. The number of sulfonamides is 1. The van der Waals surface area contributed by atoms with Crippen molar-refractivity contribution in [1.82, 2.24) is 4.31 Å². The highest BCUT2D eigenvalue weighted by atomic mass is 35.5. The lowest BCUT2D eigenvalue weighted by Crippen LogP contribution is -2.35. The molecule has 0 fully saturated rings. The highest BCUT2D eigenvalue weighted by molar-refractivity contribution is 7.89. The number of nitrogens with one attached hydrogen (secondary N) is 1. The summed E-state index contributed by atoms with van der Waals surface area (Å²) >= 11 is 5.84. The molecule has 0 radical (unpaired) electrons. The number of anilines is 1. The number of likely N-dealkylation sites (N-methyl/N-ethyl adjacent to an activating group) is 1. The first-order valence-corrected chi connectivity index (χ1v) is 9.11. The van der Waals surface area contributed by atoms with Crippen LogP contribution in [-0.4, -0.2) is 32.2 Å². The van der Waals surface area contributed by atoms with Crippen molar-refractivity contribution < 1.29 is 13.2 Å². The standard InChI is InChI=1S/C17H19ClN2O3S/c1-12-7-8-13(2)16(9-12)19-17(21)11-20(3)24(22,23)15-6-4-5-14(18)10-15/h4-10H,11H2,1-3H3,(H,19,21). The molecule has 2 rings (SSSR count). The van der Waals surface area contributed by atoms with E-state index in [0.29, 0.717) is 10.7 Å². The zero-order valence-corrected chi connectivity index (χ0v) is 15.3. The second-order valence-electron chi connectivity index (χ2n) is 5.59. The number of amides is 1. The molecular weight excluding hydrogens is 348 g/mol. The Labute approximate surface area is 147 Å². The summed E-state index contributed by atoms with van der Waals surface area (Å²) < 4.78 is 26.0. The van der Waals surface area contributed by atoms with E-state index in [2.05, 4.69) is 5.32 Å². The van der Waals surface area contributed by atoms with E-state index in [9.17, 15) is 13.2 Å². The predicted molar refractivity (Wildman–Crippen MR) is 95.8 cm³/mol. The molecule has 0 spiro atoms. The van der Waals surface area contributed by atoms with E-state index in [-0.39, 0.29) is 11.4 Å². The highest BCUT2D eigenvalue weighted by Gasteiger charge is 2.23. The molecule has 0 aliphatic carbocycles. The fourth-order valence-electron chi connectivity index (χ4n) is 2.15. The van der Waals surface area contributed by atoms with Gasteiger partial charge in [0.15, 0.2) is 0 Å². The Morgan fingerprint density at radius 1 is 1.17 bits per heavy atom. The topological polar surface area (TPSA) is 66.5 Å². The highest BCUT2D eigenvalue weighted by Crippen LogP contribution is 2.19. The van der Waals surface area contributed by atoms with Gasteiger partial charge in [-0.2, -0.15) is 4.31 Å². The van der Waals surface area contributed by atoms with Crippen molar-refractivity contribution >= 4 is 33.2 Å². The van der Waals surface area contributed by atoms with Gasteiger partial charge in [-0.15, -0.1) is 0 Å². The fraction of sp³-hybridized carbons (Fsp3) is 0.235. The third-order valence-corrected chi connectivity index (χ3v) is 5.57. The maximum Gasteiger partial charge on any atom is 0.243 e. The van der Waals surface area contributed by atoms with E-state index in [4.69, 9.17) is 11.6 Å². The maximum absolute atomic E-state index is 12.5. The molecule has 0 unspecified atom stereocenters. The quantitative estimate of drug-likeness (QED) is 0.883. The van der Waals surface area contributed by atoms with Crippen LogP contribution in [0, 0.1) is 13.8 Å². The van der Waals surface area contributed by atoms with Crippen LogP contribution in [0.15, 0.2) is 47.4 Å². The molecule has 7 heteroatoms. The molecule has 0 saturated carbocycles. The van der Waals surface area contributed by atoms with Gasteiger partial charge < -0.3 is 5.32 Å².